The van der Waals surface area contributed by atoms with Gasteiger partial charge in [-0.2, -0.15) is 0 Å². The minimum absolute atomic E-state index is 0.133. The Hall–Kier alpha value is -1.63. The summed E-state index contributed by atoms with van der Waals surface area (Å²) in [4.78, 5) is 25.6. The molecule has 1 heterocycles. The number of ketones is 1. The molecule has 26 heavy (non-hydrogen) atoms. The van der Waals surface area contributed by atoms with Crippen molar-refractivity contribution in [2.45, 2.75) is 51.9 Å². The van der Waals surface area contributed by atoms with Crippen molar-refractivity contribution in [2.75, 3.05) is 6.61 Å². The van der Waals surface area contributed by atoms with E-state index in [1.165, 1.54) is 0 Å². The van der Waals surface area contributed by atoms with Crippen molar-refractivity contribution in [3.63, 3.8) is 0 Å². The summed E-state index contributed by atoms with van der Waals surface area (Å²) in [5.41, 5.74) is 4.04. The number of Topliss-reactive ketones (excluding diaryl/α,β-unsaturated/α-hetero) is 1. The summed E-state index contributed by atoms with van der Waals surface area (Å²) < 4.78 is 6.60. The Labute approximate surface area is 168 Å². The number of hydrogen-bond acceptors (Lipinski definition) is 4. The third-order valence-electron chi connectivity index (χ3n) is 4.91. The Morgan fingerprint density at radius 2 is 2.15 bits per heavy atom. The van der Waals surface area contributed by atoms with E-state index in [9.17, 15) is 9.59 Å². The van der Waals surface area contributed by atoms with Gasteiger partial charge < -0.3 is 10.1 Å². The predicted molar refractivity (Wildman–Crippen MR) is 109 cm³/mol. The standard InChI is InChI=1S/C21H24INO3/c1-3-4-11-26-21(25)18-13(2)23-16-9-6-10-17(24)20(16)19(18)14-7-5-8-15(22)12-14/h5,7-8,12,19,23H,3-4,6,9-11H2,1-2H3/t19-/m1/s1. The first-order valence-electron chi connectivity index (χ1n) is 9.19. The van der Waals surface area contributed by atoms with Gasteiger partial charge in [0.25, 0.3) is 0 Å². The summed E-state index contributed by atoms with van der Waals surface area (Å²) in [7, 11) is 0. The summed E-state index contributed by atoms with van der Waals surface area (Å²) in [5, 5.41) is 3.32. The highest BCUT2D eigenvalue weighted by Crippen LogP contribution is 2.42. The fourth-order valence-electron chi connectivity index (χ4n) is 3.66. The highest BCUT2D eigenvalue weighted by molar-refractivity contribution is 14.1. The van der Waals surface area contributed by atoms with Gasteiger partial charge in [0.05, 0.1) is 12.2 Å². The van der Waals surface area contributed by atoms with Crippen LogP contribution in [-0.2, 0) is 14.3 Å². The molecule has 1 aliphatic carbocycles. The number of rotatable bonds is 5. The van der Waals surface area contributed by atoms with E-state index in [0.717, 1.165) is 51.8 Å². The van der Waals surface area contributed by atoms with Crippen molar-refractivity contribution < 1.29 is 14.3 Å². The quantitative estimate of drug-likeness (QED) is 0.392. The van der Waals surface area contributed by atoms with Gasteiger partial charge in [-0.25, -0.2) is 4.79 Å². The second kappa shape index (κ2) is 8.37. The lowest BCUT2D eigenvalue weighted by atomic mass is 9.75. The van der Waals surface area contributed by atoms with Crippen LogP contribution in [0.4, 0.5) is 0 Å². The molecular formula is C21H24INO3. The number of unbranched alkanes of at least 4 members (excludes halogenated alkanes) is 1. The van der Waals surface area contributed by atoms with Gasteiger partial charge in [-0.1, -0.05) is 25.5 Å². The summed E-state index contributed by atoms with van der Waals surface area (Å²) in [6, 6.07) is 8.04. The molecule has 4 nitrogen and oxygen atoms in total. The van der Waals surface area contributed by atoms with Crippen molar-refractivity contribution in [3.05, 3.63) is 55.9 Å². The second-order valence-corrected chi connectivity index (χ2v) is 8.06. The van der Waals surface area contributed by atoms with Crippen LogP contribution in [0.5, 0.6) is 0 Å². The molecule has 0 saturated carbocycles. The van der Waals surface area contributed by atoms with Crippen molar-refractivity contribution in [2.24, 2.45) is 0 Å². The molecule has 0 saturated heterocycles. The average Bonchev–Trinajstić information content (AvgIpc) is 2.61. The van der Waals surface area contributed by atoms with E-state index < -0.39 is 0 Å². The van der Waals surface area contributed by atoms with E-state index in [1.807, 2.05) is 25.1 Å². The molecule has 3 rings (SSSR count). The van der Waals surface area contributed by atoms with Crippen molar-refractivity contribution in [1.29, 1.82) is 0 Å². The van der Waals surface area contributed by atoms with E-state index in [1.54, 1.807) is 0 Å². The Bertz CT molecular complexity index is 794. The van der Waals surface area contributed by atoms with Crippen LogP contribution in [0.1, 0.15) is 57.4 Å². The van der Waals surface area contributed by atoms with Gasteiger partial charge >= 0.3 is 5.97 Å². The largest absolute Gasteiger partial charge is 0.462 e. The zero-order chi connectivity index (χ0) is 18.7. The lowest BCUT2D eigenvalue weighted by molar-refractivity contribution is -0.139. The first-order valence-corrected chi connectivity index (χ1v) is 10.3. The van der Waals surface area contributed by atoms with Gasteiger partial charge in [-0.15, -0.1) is 0 Å². The fraction of sp³-hybridized carbons (Fsp3) is 0.429. The Kier molecular flexibility index (Phi) is 6.16. The highest BCUT2D eigenvalue weighted by Gasteiger charge is 2.39. The Balaban J connectivity index is 2.06. The number of hydrogen-bond donors (Lipinski definition) is 1. The van der Waals surface area contributed by atoms with Gasteiger partial charge in [-0.3, -0.25) is 4.79 Å². The molecular weight excluding hydrogens is 441 g/mol. The highest BCUT2D eigenvalue weighted by atomic mass is 127. The van der Waals surface area contributed by atoms with E-state index in [-0.39, 0.29) is 17.7 Å². The molecule has 0 aromatic heterocycles. The van der Waals surface area contributed by atoms with Crippen LogP contribution >= 0.6 is 22.6 Å². The summed E-state index contributed by atoms with van der Waals surface area (Å²) >= 11 is 2.26. The number of halogens is 1. The molecule has 0 amide bonds. The average molecular weight is 465 g/mol. The van der Waals surface area contributed by atoms with Gasteiger partial charge in [-0.05, 0) is 66.5 Å². The number of benzene rings is 1. The zero-order valence-corrected chi connectivity index (χ0v) is 17.4. The first kappa shape index (κ1) is 19.1. The normalized spacial score (nSPS) is 20.0. The smallest absolute Gasteiger partial charge is 0.336 e. The minimum atomic E-state index is -0.345. The third-order valence-corrected chi connectivity index (χ3v) is 5.58. The van der Waals surface area contributed by atoms with Crippen LogP contribution in [-0.4, -0.2) is 18.4 Å². The van der Waals surface area contributed by atoms with Gasteiger partial charge in [0.2, 0.25) is 0 Å². The van der Waals surface area contributed by atoms with E-state index in [2.05, 4.69) is 40.9 Å². The summed E-state index contributed by atoms with van der Waals surface area (Å²) in [5.74, 6) is -0.533. The Morgan fingerprint density at radius 1 is 1.35 bits per heavy atom. The van der Waals surface area contributed by atoms with E-state index in [4.69, 9.17) is 4.74 Å². The van der Waals surface area contributed by atoms with Crippen LogP contribution in [0.2, 0.25) is 0 Å². The monoisotopic (exact) mass is 465 g/mol. The van der Waals surface area contributed by atoms with Gasteiger partial charge in [0.1, 0.15) is 0 Å². The van der Waals surface area contributed by atoms with Crippen molar-refractivity contribution in [3.8, 4) is 0 Å². The molecule has 1 aromatic rings. The molecule has 0 radical (unpaired) electrons. The maximum atomic E-state index is 12.9. The topological polar surface area (TPSA) is 55.4 Å². The lowest BCUT2D eigenvalue weighted by Crippen LogP contribution is -2.34. The lowest BCUT2D eigenvalue weighted by Gasteiger charge is -2.34. The number of dihydropyridines is 1. The Morgan fingerprint density at radius 3 is 2.88 bits per heavy atom. The molecule has 0 fully saturated rings. The van der Waals surface area contributed by atoms with Crippen LogP contribution < -0.4 is 5.32 Å². The number of ether oxygens (including phenoxy) is 1. The molecule has 0 bridgehead atoms. The second-order valence-electron chi connectivity index (χ2n) is 6.81. The number of esters is 1. The molecule has 1 N–H and O–H groups in total. The SMILES string of the molecule is CCCCOC(=O)C1=C(C)NC2=C(C(=O)CCC2)[C@@H]1c1cccc(I)c1. The maximum Gasteiger partial charge on any atom is 0.336 e. The first-order chi connectivity index (χ1) is 12.5. The van der Waals surface area contributed by atoms with Crippen LogP contribution in [0, 0.1) is 3.57 Å². The summed E-state index contributed by atoms with van der Waals surface area (Å²) in [6.07, 6.45) is 4.05. The van der Waals surface area contributed by atoms with Crippen molar-refractivity contribution in [1.82, 2.24) is 5.32 Å². The van der Waals surface area contributed by atoms with Crippen LogP contribution in [0.15, 0.2) is 46.8 Å². The molecule has 1 aliphatic heterocycles. The summed E-state index contributed by atoms with van der Waals surface area (Å²) in [6.45, 7) is 4.37. The number of carbonyl (C=O) groups is 2. The molecule has 0 unspecified atom stereocenters. The maximum absolute atomic E-state index is 12.9. The third kappa shape index (κ3) is 3.87. The zero-order valence-electron chi connectivity index (χ0n) is 15.2. The molecule has 1 aromatic carbocycles. The molecule has 138 valence electrons. The fourth-order valence-corrected chi connectivity index (χ4v) is 4.23. The van der Waals surface area contributed by atoms with Gasteiger partial charge in [0, 0.05) is 32.9 Å². The van der Waals surface area contributed by atoms with Crippen LogP contribution in [0.3, 0.4) is 0 Å². The molecule has 5 heteroatoms. The minimum Gasteiger partial charge on any atom is -0.462 e. The number of nitrogens with one attached hydrogen (secondary N) is 1. The van der Waals surface area contributed by atoms with E-state index >= 15 is 0 Å². The number of carbonyl (C=O) groups excluding carboxylic acids is 2. The molecule has 2 aliphatic rings. The predicted octanol–water partition coefficient (Wildman–Crippen LogP) is 4.60. The number of allylic oxidation sites excluding steroid dienone is 3. The molecule has 0 spiro atoms. The van der Waals surface area contributed by atoms with Crippen LogP contribution in [0.25, 0.3) is 0 Å². The molecule has 1 atom stereocenters. The van der Waals surface area contributed by atoms with Crippen molar-refractivity contribution >= 4 is 34.3 Å². The van der Waals surface area contributed by atoms with Gasteiger partial charge in [0.15, 0.2) is 5.78 Å². The van der Waals surface area contributed by atoms with E-state index in [0.29, 0.717) is 18.6 Å².